The van der Waals surface area contributed by atoms with E-state index in [9.17, 15) is 4.79 Å². The van der Waals surface area contributed by atoms with Gasteiger partial charge in [0.2, 0.25) is 6.41 Å². The molecule has 0 saturated carbocycles. The molecule has 0 aromatic carbocycles. The number of carbonyl (C=O) groups is 1. The first-order valence-corrected chi connectivity index (χ1v) is 5.53. The second kappa shape index (κ2) is 7.27. The van der Waals surface area contributed by atoms with Crippen molar-refractivity contribution in [3.63, 3.8) is 0 Å². The normalized spacial score (nSPS) is 14.4. The predicted molar refractivity (Wildman–Crippen MR) is 65.6 cm³/mol. The van der Waals surface area contributed by atoms with Crippen LogP contribution >= 0.6 is 0 Å². The Balaban J connectivity index is 4.63. The van der Waals surface area contributed by atoms with Gasteiger partial charge in [-0.3, -0.25) is 4.79 Å². The zero-order valence-corrected chi connectivity index (χ0v) is 10.1. The number of rotatable bonds is 8. The van der Waals surface area contributed by atoms with Crippen LogP contribution in [-0.4, -0.2) is 23.4 Å². The molecule has 0 aliphatic carbocycles. The lowest BCUT2D eigenvalue weighted by Gasteiger charge is -2.35. The summed E-state index contributed by atoms with van der Waals surface area (Å²) in [7, 11) is 0. The highest BCUT2D eigenvalue weighted by Crippen LogP contribution is 2.17. The fourth-order valence-corrected chi connectivity index (χ4v) is 1.78. The highest BCUT2D eigenvalue weighted by Gasteiger charge is 2.22. The first-order chi connectivity index (χ1) is 7.08. The van der Waals surface area contributed by atoms with Crippen LogP contribution in [0.5, 0.6) is 0 Å². The zero-order chi connectivity index (χ0) is 11.8. The number of nitrogens with zero attached hydrogens (tertiary/aromatic N) is 1. The molecular formula is C13H23NO. The summed E-state index contributed by atoms with van der Waals surface area (Å²) in [5.41, 5.74) is 0. The van der Waals surface area contributed by atoms with Gasteiger partial charge in [-0.2, -0.15) is 0 Å². The van der Waals surface area contributed by atoms with Crippen molar-refractivity contribution >= 4 is 6.41 Å². The fraction of sp³-hybridized carbons (Fsp3) is 0.615. The van der Waals surface area contributed by atoms with Crippen molar-refractivity contribution in [2.75, 3.05) is 0 Å². The molecule has 2 heteroatoms. The van der Waals surface area contributed by atoms with Crippen LogP contribution in [0.4, 0.5) is 0 Å². The van der Waals surface area contributed by atoms with E-state index >= 15 is 0 Å². The molecule has 0 radical (unpaired) electrons. The van der Waals surface area contributed by atoms with E-state index in [0.717, 1.165) is 19.3 Å². The molecule has 86 valence electrons. The van der Waals surface area contributed by atoms with E-state index in [2.05, 4.69) is 33.9 Å². The Morgan fingerprint density at radius 3 is 2.00 bits per heavy atom. The second-order valence-electron chi connectivity index (χ2n) is 4.26. The van der Waals surface area contributed by atoms with Gasteiger partial charge in [0.15, 0.2) is 0 Å². The molecule has 0 fully saturated rings. The Bertz CT molecular complexity index is 211. The van der Waals surface area contributed by atoms with E-state index < -0.39 is 0 Å². The van der Waals surface area contributed by atoms with Crippen LogP contribution in [0.15, 0.2) is 25.3 Å². The maximum Gasteiger partial charge on any atom is 0.210 e. The second-order valence-corrected chi connectivity index (χ2v) is 4.26. The monoisotopic (exact) mass is 209 g/mol. The van der Waals surface area contributed by atoms with Gasteiger partial charge in [0.25, 0.3) is 0 Å². The van der Waals surface area contributed by atoms with E-state index in [-0.39, 0.29) is 12.1 Å². The highest BCUT2D eigenvalue weighted by atomic mass is 16.1. The maximum atomic E-state index is 11.1. The summed E-state index contributed by atoms with van der Waals surface area (Å²) < 4.78 is 0. The lowest BCUT2D eigenvalue weighted by atomic mass is 9.97. The van der Waals surface area contributed by atoms with Gasteiger partial charge in [-0.25, -0.2) is 0 Å². The summed E-state index contributed by atoms with van der Waals surface area (Å²) in [5.74, 6) is 0.445. The van der Waals surface area contributed by atoms with Gasteiger partial charge in [0.05, 0.1) is 0 Å². The first kappa shape index (κ1) is 13.9. The molecule has 0 aliphatic heterocycles. The summed E-state index contributed by atoms with van der Waals surface area (Å²) in [4.78, 5) is 13.0. The molecule has 0 aliphatic rings. The van der Waals surface area contributed by atoms with Crippen molar-refractivity contribution < 1.29 is 4.79 Å². The van der Waals surface area contributed by atoms with Crippen molar-refractivity contribution in [3.8, 4) is 0 Å². The summed E-state index contributed by atoms with van der Waals surface area (Å²) in [6.45, 7) is 13.8. The SMILES string of the molecule is C=CCC(C)N(C=O)C(CC=C)C(C)C. The van der Waals surface area contributed by atoms with Crippen molar-refractivity contribution in [2.24, 2.45) is 5.92 Å². The smallest absolute Gasteiger partial charge is 0.210 e. The molecule has 0 aromatic heterocycles. The molecule has 0 saturated heterocycles. The molecule has 2 unspecified atom stereocenters. The maximum absolute atomic E-state index is 11.1. The summed E-state index contributed by atoms with van der Waals surface area (Å²) >= 11 is 0. The molecular weight excluding hydrogens is 186 g/mol. The molecule has 0 aromatic rings. The predicted octanol–water partition coefficient (Wildman–Crippen LogP) is 3.01. The average Bonchev–Trinajstić information content (AvgIpc) is 2.18. The quantitative estimate of drug-likeness (QED) is 0.444. The van der Waals surface area contributed by atoms with Crippen LogP contribution in [0.1, 0.15) is 33.6 Å². The molecule has 0 heterocycles. The summed E-state index contributed by atoms with van der Waals surface area (Å²) in [5, 5.41) is 0. The van der Waals surface area contributed by atoms with Gasteiger partial charge in [-0.05, 0) is 25.7 Å². The standard InChI is InChI=1S/C13H23NO/c1-6-8-12(5)14(10-15)13(9-7-2)11(3)4/h6-7,10-13H,1-2,8-9H2,3-5H3. The van der Waals surface area contributed by atoms with Gasteiger partial charge >= 0.3 is 0 Å². The summed E-state index contributed by atoms with van der Waals surface area (Å²) in [6, 6.07) is 0.460. The minimum Gasteiger partial charge on any atom is -0.339 e. The van der Waals surface area contributed by atoms with E-state index in [1.165, 1.54) is 0 Å². The Kier molecular flexibility index (Phi) is 6.76. The topological polar surface area (TPSA) is 20.3 Å². The number of hydrogen-bond acceptors (Lipinski definition) is 1. The third-order valence-corrected chi connectivity index (χ3v) is 2.70. The van der Waals surface area contributed by atoms with Crippen LogP contribution < -0.4 is 0 Å². The Labute approximate surface area is 93.7 Å². The van der Waals surface area contributed by atoms with Crippen LogP contribution in [0, 0.1) is 5.92 Å². The Morgan fingerprint density at radius 1 is 1.13 bits per heavy atom. The average molecular weight is 209 g/mol. The third kappa shape index (κ3) is 4.32. The van der Waals surface area contributed by atoms with Gasteiger partial charge in [-0.15, -0.1) is 13.2 Å². The van der Waals surface area contributed by atoms with Crippen molar-refractivity contribution in [3.05, 3.63) is 25.3 Å². The lowest BCUT2D eigenvalue weighted by Crippen LogP contribution is -2.43. The van der Waals surface area contributed by atoms with Gasteiger partial charge < -0.3 is 4.90 Å². The van der Waals surface area contributed by atoms with Crippen LogP contribution in [-0.2, 0) is 4.79 Å². The summed E-state index contributed by atoms with van der Waals surface area (Å²) in [6.07, 6.45) is 6.35. The number of carbonyl (C=O) groups excluding carboxylic acids is 1. The van der Waals surface area contributed by atoms with Crippen LogP contribution in [0.3, 0.4) is 0 Å². The molecule has 2 atom stereocenters. The van der Waals surface area contributed by atoms with Gasteiger partial charge in [0, 0.05) is 12.1 Å². The largest absolute Gasteiger partial charge is 0.339 e. The molecule has 0 bridgehead atoms. The van der Waals surface area contributed by atoms with Crippen LogP contribution in [0.25, 0.3) is 0 Å². The van der Waals surface area contributed by atoms with Gasteiger partial charge in [0.1, 0.15) is 0 Å². The van der Waals surface area contributed by atoms with E-state index in [0.29, 0.717) is 5.92 Å². The Morgan fingerprint density at radius 2 is 1.67 bits per heavy atom. The van der Waals surface area contributed by atoms with E-state index in [1.807, 2.05) is 17.1 Å². The highest BCUT2D eigenvalue weighted by molar-refractivity contribution is 5.48. The number of hydrogen-bond donors (Lipinski definition) is 0. The Hall–Kier alpha value is -1.05. The zero-order valence-electron chi connectivity index (χ0n) is 10.1. The fourth-order valence-electron chi connectivity index (χ4n) is 1.78. The molecule has 0 rings (SSSR count). The first-order valence-electron chi connectivity index (χ1n) is 5.53. The van der Waals surface area contributed by atoms with Crippen LogP contribution in [0.2, 0.25) is 0 Å². The minimum atomic E-state index is 0.215. The molecule has 0 spiro atoms. The molecule has 1 amide bonds. The minimum absolute atomic E-state index is 0.215. The molecule has 0 N–H and O–H groups in total. The molecule has 15 heavy (non-hydrogen) atoms. The van der Waals surface area contributed by atoms with E-state index in [4.69, 9.17) is 0 Å². The third-order valence-electron chi connectivity index (χ3n) is 2.70. The lowest BCUT2D eigenvalue weighted by molar-refractivity contribution is -0.123. The van der Waals surface area contributed by atoms with Crippen molar-refractivity contribution in [1.82, 2.24) is 4.90 Å². The van der Waals surface area contributed by atoms with Crippen molar-refractivity contribution in [2.45, 2.75) is 45.7 Å². The number of amides is 1. The van der Waals surface area contributed by atoms with E-state index in [1.54, 1.807) is 0 Å². The molecule has 2 nitrogen and oxygen atoms in total. The van der Waals surface area contributed by atoms with Crippen molar-refractivity contribution in [1.29, 1.82) is 0 Å². The van der Waals surface area contributed by atoms with Gasteiger partial charge in [-0.1, -0.05) is 26.0 Å².